The summed E-state index contributed by atoms with van der Waals surface area (Å²) < 4.78 is 32.2. The van der Waals surface area contributed by atoms with Crippen molar-refractivity contribution in [3.05, 3.63) is 71.4 Å². The molecule has 0 aliphatic heterocycles. The zero-order valence-corrected chi connectivity index (χ0v) is 16.2. The molecule has 0 aliphatic carbocycles. The molecule has 0 saturated heterocycles. The molecule has 3 aromatic rings. The molecule has 10 heteroatoms. The minimum absolute atomic E-state index is 0.00336. The van der Waals surface area contributed by atoms with Crippen LogP contribution in [0.15, 0.2) is 65.6 Å². The zero-order valence-electron chi connectivity index (χ0n) is 14.6. The fourth-order valence-electron chi connectivity index (χ4n) is 2.25. The van der Waals surface area contributed by atoms with E-state index in [0.717, 1.165) is 0 Å². The highest BCUT2D eigenvalue weighted by molar-refractivity contribution is 7.92. The van der Waals surface area contributed by atoms with Crippen LogP contribution in [-0.4, -0.2) is 31.6 Å². The zero-order chi connectivity index (χ0) is 20.1. The molecule has 1 amide bonds. The maximum atomic E-state index is 12.4. The lowest BCUT2D eigenvalue weighted by atomic mass is 10.2. The van der Waals surface area contributed by atoms with E-state index in [1.165, 1.54) is 43.5 Å². The first-order valence-corrected chi connectivity index (χ1v) is 9.81. The Kier molecular flexibility index (Phi) is 5.76. The van der Waals surface area contributed by atoms with Gasteiger partial charge in [-0.25, -0.2) is 8.42 Å². The Bertz CT molecular complexity index is 1090. The molecule has 0 saturated carbocycles. The Labute approximate surface area is 166 Å². The van der Waals surface area contributed by atoms with E-state index < -0.39 is 10.0 Å². The van der Waals surface area contributed by atoms with Gasteiger partial charge in [0.25, 0.3) is 15.9 Å². The number of rotatable bonds is 6. The summed E-state index contributed by atoms with van der Waals surface area (Å²) in [5, 5.41) is 10.1. The minimum Gasteiger partial charge on any atom is -0.497 e. The Balaban J connectivity index is 1.71. The SMILES string of the molecule is COc1cccc(C(=O)Nc2ccc(S(=O)(=O)Nc3ccc(Cl)nn3)cc2)c1. The third kappa shape index (κ3) is 4.76. The Morgan fingerprint density at radius 3 is 2.43 bits per heavy atom. The third-order valence-electron chi connectivity index (χ3n) is 3.63. The van der Waals surface area contributed by atoms with Crippen LogP contribution in [-0.2, 0) is 10.0 Å². The van der Waals surface area contributed by atoms with Crippen molar-refractivity contribution in [1.29, 1.82) is 0 Å². The summed E-state index contributed by atoms with van der Waals surface area (Å²) in [6.45, 7) is 0. The topological polar surface area (TPSA) is 110 Å². The van der Waals surface area contributed by atoms with Crippen molar-refractivity contribution in [1.82, 2.24) is 10.2 Å². The lowest BCUT2D eigenvalue weighted by Crippen LogP contribution is -2.15. The maximum absolute atomic E-state index is 12.4. The van der Waals surface area contributed by atoms with Gasteiger partial charge in [0.2, 0.25) is 0 Å². The summed E-state index contributed by atoms with van der Waals surface area (Å²) in [5.41, 5.74) is 0.858. The lowest BCUT2D eigenvalue weighted by Gasteiger charge is -2.09. The smallest absolute Gasteiger partial charge is 0.263 e. The second-order valence-electron chi connectivity index (χ2n) is 5.56. The fourth-order valence-corrected chi connectivity index (χ4v) is 3.35. The average Bonchev–Trinajstić information content (AvgIpc) is 2.70. The van der Waals surface area contributed by atoms with E-state index in [4.69, 9.17) is 16.3 Å². The lowest BCUT2D eigenvalue weighted by molar-refractivity contribution is 0.102. The number of ether oxygens (including phenoxy) is 1. The molecule has 0 bridgehead atoms. The molecule has 0 spiro atoms. The van der Waals surface area contributed by atoms with Gasteiger partial charge in [0.15, 0.2) is 11.0 Å². The highest BCUT2D eigenvalue weighted by Gasteiger charge is 2.15. The molecule has 0 aliphatic rings. The van der Waals surface area contributed by atoms with Crippen molar-refractivity contribution in [2.75, 3.05) is 17.1 Å². The molecule has 8 nitrogen and oxygen atoms in total. The quantitative estimate of drug-likeness (QED) is 0.636. The molecule has 0 unspecified atom stereocenters. The summed E-state index contributed by atoms with van der Waals surface area (Å²) in [5.74, 6) is 0.259. The van der Waals surface area contributed by atoms with E-state index in [9.17, 15) is 13.2 Å². The average molecular weight is 419 g/mol. The Morgan fingerprint density at radius 2 is 1.79 bits per heavy atom. The van der Waals surface area contributed by atoms with Gasteiger partial charge in [0.05, 0.1) is 12.0 Å². The van der Waals surface area contributed by atoms with Crippen LogP contribution in [0.5, 0.6) is 5.75 Å². The van der Waals surface area contributed by atoms with Crippen molar-refractivity contribution in [3.8, 4) is 5.75 Å². The molecule has 0 atom stereocenters. The van der Waals surface area contributed by atoms with Gasteiger partial charge in [0, 0.05) is 11.3 Å². The summed E-state index contributed by atoms with van der Waals surface area (Å²) >= 11 is 5.63. The van der Waals surface area contributed by atoms with Gasteiger partial charge in [-0.1, -0.05) is 17.7 Å². The number of carbonyl (C=O) groups excluding carboxylic acids is 1. The van der Waals surface area contributed by atoms with Gasteiger partial charge in [-0.3, -0.25) is 9.52 Å². The molecule has 0 fully saturated rings. The van der Waals surface area contributed by atoms with Crippen LogP contribution in [0.3, 0.4) is 0 Å². The van der Waals surface area contributed by atoms with E-state index >= 15 is 0 Å². The number of hydrogen-bond acceptors (Lipinski definition) is 6. The third-order valence-corrected chi connectivity index (χ3v) is 5.20. The maximum Gasteiger partial charge on any atom is 0.263 e. The number of carbonyl (C=O) groups is 1. The molecule has 2 aromatic carbocycles. The molecule has 1 aromatic heterocycles. The highest BCUT2D eigenvalue weighted by Crippen LogP contribution is 2.19. The van der Waals surface area contributed by atoms with Gasteiger partial charge in [-0.15, -0.1) is 10.2 Å². The van der Waals surface area contributed by atoms with Gasteiger partial charge in [-0.2, -0.15) is 0 Å². The number of methoxy groups -OCH3 is 1. The number of benzene rings is 2. The normalized spacial score (nSPS) is 10.9. The standard InChI is InChI=1S/C18H15ClN4O4S/c1-27-14-4-2-3-12(11-14)18(24)20-13-5-7-15(8-6-13)28(25,26)23-17-10-9-16(19)21-22-17/h2-11H,1H3,(H,20,24)(H,22,23). The van der Waals surface area contributed by atoms with Crippen LogP contribution < -0.4 is 14.8 Å². The largest absolute Gasteiger partial charge is 0.497 e. The monoisotopic (exact) mass is 418 g/mol. The van der Waals surface area contributed by atoms with Gasteiger partial charge in [-0.05, 0) is 54.6 Å². The van der Waals surface area contributed by atoms with Crippen LogP contribution in [0.2, 0.25) is 5.15 Å². The van der Waals surface area contributed by atoms with E-state index in [-0.39, 0.29) is 21.8 Å². The summed E-state index contributed by atoms with van der Waals surface area (Å²) in [6, 6.07) is 15.2. The van der Waals surface area contributed by atoms with Crippen molar-refractivity contribution < 1.29 is 17.9 Å². The summed E-state index contributed by atoms with van der Waals surface area (Å²) in [4.78, 5) is 12.3. The fraction of sp³-hybridized carbons (Fsp3) is 0.0556. The van der Waals surface area contributed by atoms with Crippen LogP contribution in [0.4, 0.5) is 11.5 Å². The minimum atomic E-state index is -3.86. The molecular formula is C18H15ClN4O4S. The van der Waals surface area contributed by atoms with Crippen LogP contribution in [0, 0.1) is 0 Å². The highest BCUT2D eigenvalue weighted by atomic mass is 35.5. The van der Waals surface area contributed by atoms with Crippen LogP contribution >= 0.6 is 11.6 Å². The molecule has 2 N–H and O–H groups in total. The van der Waals surface area contributed by atoms with E-state index in [1.807, 2.05) is 0 Å². The Hall–Kier alpha value is -3.17. The van der Waals surface area contributed by atoms with Gasteiger partial charge in [0.1, 0.15) is 5.75 Å². The van der Waals surface area contributed by atoms with Gasteiger partial charge < -0.3 is 10.1 Å². The van der Waals surface area contributed by atoms with E-state index in [0.29, 0.717) is 17.0 Å². The summed E-state index contributed by atoms with van der Waals surface area (Å²) in [6.07, 6.45) is 0. The van der Waals surface area contributed by atoms with Crippen molar-refractivity contribution in [2.45, 2.75) is 4.90 Å². The first-order valence-electron chi connectivity index (χ1n) is 7.95. The number of aromatic nitrogens is 2. The van der Waals surface area contributed by atoms with E-state index in [1.54, 1.807) is 24.3 Å². The number of halogens is 1. The molecule has 0 radical (unpaired) electrons. The van der Waals surface area contributed by atoms with Crippen molar-refractivity contribution in [3.63, 3.8) is 0 Å². The van der Waals surface area contributed by atoms with E-state index in [2.05, 4.69) is 20.2 Å². The second kappa shape index (κ2) is 8.24. The predicted octanol–water partition coefficient (Wildman–Crippen LogP) is 3.19. The molecule has 144 valence electrons. The number of sulfonamides is 1. The van der Waals surface area contributed by atoms with Gasteiger partial charge >= 0.3 is 0 Å². The number of amides is 1. The second-order valence-corrected chi connectivity index (χ2v) is 7.63. The first-order chi connectivity index (χ1) is 13.4. The molecule has 28 heavy (non-hydrogen) atoms. The molecule has 1 heterocycles. The number of anilines is 2. The number of hydrogen-bond donors (Lipinski definition) is 2. The van der Waals surface area contributed by atoms with Crippen LogP contribution in [0.25, 0.3) is 0 Å². The number of nitrogens with zero attached hydrogens (tertiary/aromatic N) is 2. The summed E-state index contributed by atoms with van der Waals surface area (Å²) in [7, 11) is -2.34. The van der Waals surface area contributed by atoms with Crippen molar-refractivity contribution >= 4 is 39.0 Å². The molecule has 3 rings (SSSR count). The first kappa shape index (κ1) is 19.6. The predicted molar refractivity (Wildman–Crippen MR) is 105 cm³/mol. The van der Waals surface area contributed by atoms with Crippen molar-refractivity contribution in [2.24, 2.45) is 0 Å². The molecular weight excluding hydrogens is 404 g/mol. The Morgan fingerprint density at radius 1 is 1.04 bits per heavy atom. The number of nitrogens with one attached hydrogen (secondary N) is 2. The van der Waals surface area contributed by atoms with Crippen LogP contribution in [0.1, 0.15) is 10.4 Å².